The van der Waals surface area contributed by atoms with E-state index in [-0.39, 0.29) is 15.9 Å². The van der Waals surface area contributed by atoms with Crippen molar-refractivity contribution >= 4 is 31.9 Å². The van der Waals surface area contributed by atoms with Crippen molar-refractivity contribution in [2.45, 2.75) is 30.0 Å². The molecule has 1 unspecified atom stereocenters. The van der Waals surface area contributed by atoms with E-state index in [2.05, 4.69) is 0 Å². The zero-order valence-electron chi connectivity index (χ0n) is 13.4. The highest BCUT2D eigenvalue weighted by molar-refractivity contribution is 7.92. The van der Waals surface area contributed by atoms with E-state index in [0.29, 0.717) is 11.5 Å². The molecule has 0 spiro atoms. The fourth-order valence-electron chi connectivity index (χ4n) is 3.16. The molecular formula is C16H18N2O4S2. The molecule has 0 bridgehead atoms. The molecule has 6 nitrogen and oxygen atoms in total. The van der Waals surface area contributed by atoms with Crippen LogP contribution >= 0.6 is 11.3 Å². The molecule has 1 saturated heterocycles. The number of benzene rings is 1. The van der Waals surface area contributed by atoms with Crippen molar-refractivity contribution in [3.8, 4) is 0 Å². The maximum absolute atomic E-state index is 11.8. The van der Waals surface area contributed by atoms with Gasteiger partial charge in [0.15, 0.2) is 14.8 Å². The summed E-state index contributed by atoms with van der Waals surface area (Å²) in [5.74, 6) is 0. The van der Waals surface area contributed by atoms with Crippen LogP contribution in [0.5, 0.6) is 0 Å². The average Bonchev–Trinajstić information content (AvgIpc) is 3.13. The molecule has 0 radical (unpaired) electrons. The van der Waals surface area contributed by atoms with Crippen LogP contribution in [-0.2, 0) is 9.84 Å². The third-order valence-corrected chi connectivity index (χ3v) is 7.26. The first-order valence-electron chi connectivity index (χ1n) is 7.59. The Labute approximate surface area is 144 Å². The molecule has 128 valence electrons. The Balaban J connectivity index is 2.09. The van der Waals surface area contributed by atoms with Crippen LogP contribution in [0.3, 0.4) is 0 Å². The van der Waals surface area contributed by atoms with E-state index in [1.807, 2.05) is 36.1 Å². The van der Waals surface area contributed by atoms with E-state index in [1.165, 1.54) is 6.07 Å². The van der Waals surface area contributed by atoms with Gasteiger partial charge in [-0.05, 0) is 30.9 Å². The SMILES string of the molecule is Cc1ccccc1C1CCCN1c1sc(S(C)(=O)=O)cc1[N+](=O)[O-]. The largest absolute Gasteiger partial charge is 0.351 e. The number of hydrogen-bond donors (Lipinski definition) is 0. The molecule has 3 rings (SSSR count). The quantitative estimate of drug-likeness (QED) is 0.609. The number of rotatable bonds is 4. The van der Waals surface area contributed by atoms with Crippen LogP contribution in [0.25, 0.3) is 0 Å². The predicted molar refractivity (Wildman–Crippen MR) is 94.6 cm³/mol. The Morgan fingerprint density at radius 2 is 2.04 bits per heavy atom. The number of thiophene rings is 1. The van der Waals surface area contributed by atoms with E-state index in [0.717, 1.165) is 41.6 Å². The molecule has 2 heterocycles. The van der Waals surface area contributed by atoms with Crippen molar-refractivity contribution < 1.29 is 13.3 Å². The molecule has 8 heteroatoms. The Bertz CT molecular complexity index is 889. The molecule has 1 aliphatic heterocycles. The predicted octanol–water partition coefficient (Wildman–Crippen LogP) is 3.71. The molecule has 2 aromatic rings. The van der Waals surface area contributed by atoms with Crippen LogP contribution in [-0.4, -0.2) is 26.1 Å². The summed E-state index contributed by atoms with van der Waals surface area (Å²) in [6, 6.07) is 9.21. The van der Waals surface area contributed by atoms with Crippen LogP contribution in [0, 0.1) is 17.0 Å². The Morgan fingerprint density at radius 3 is 2.67 bits per heavy atom. The third-order valence-electron chi connectivity index (χ3n) is 4.29. The minimum atomic E-state index is -3.47. The van der Waals surface area contributed by atoms with E-state index < -0.39 is 14.8 Å². The van der Waals surface area contributed by atoms with Crippen molar-refractivity contribution in [3.05, 3.63) is 51.6 Å². The van der Waals surface area contributed by atoms with Crippen molar-refractivity contribution in [2.24, 2.45) is 0 Å². The number of sulfone groups is 1. The number of hydrogen-bond acceptors (Lipinski definition) is 6. The van der Waals surface area contributed by atoms with Gasteiger partial charge in [-0.1, -0.05) is 35.6 Å². The lowest BCUT2D eigenvalue weighted by Crippen LogP contribution is -2.22. The van der Waals surface area contributed by atoms with Gasteiger partial charge >= 0.3 is 5.69 Å². The lowest BCUT2D eigenvalue weighted by Gasteiger charge is -2.26. The van der Waals surface area contributed by atoms with Gasteiger partial charge in [0.25, 0.3) is 0 Å². The minimum Gasteiger partial charge on any atom is -0.351 e. The second kappa shape index (κ2) is 6.18. The Hall–Kier alpha value is -1.93. The summed E-state index contributed by atoms with van der Waals surface area (Å²) in [5, 5.41) is 11.9. The lowest BCUT2D eigenvalue weighted by atomic mass is 9.99. The van der Waals surface area contributed by atoms with E-state index in [9.17, 15) is 18.5 Å². The van der Waals surface area contributed by atoms with Gasteiger partial charge in [0.05, 0.1) is 11.0 Å². The molecule has 1 fully saturated rings. The Kier molecular flexibility index (Phi) is 4.35. The van der Waals surface area contributed by atoms with Gasteiger partial charge in [0.2, 0.25) is 0 Å². The highest BCUT2D eigenvalue weighted by Gasteiger charge is 2.34. The topological polar surface area (TPSA) is 80.5 Å². The summed E-state index contributed by atoms with van der Waals surface area (Å²) < 4.78 is 23.7. The highest BCUT2D eigenvalue weighted by atomic mass is 32.2. The molecule has 1 aliphatic rings. The van der Waals surface area contributed by atoms with Crippen molar-refractivity contribution in [1.82, 2.24) is 0 Å². The van der Waals surface area contributed by atoms with E-state index in [1.54, 1.807) is 0 Å². The van der Waals surface area contributed by atoms with Gasteiger partial charge in [0, 0.05) is 18.9 Å². The number of nitro groups is 1. The molecular weight excluding hydrogens is 348 g/mol. The van der Waals surface area contributed by atoms with Crippen LogP contribution in [0.1, 0.15) is 30.0 Å². The third kappa shape index (κ3) is 3.03. The maximum Gasteiger partial charge on any atom is 0.305 e. The normalized spacial score (nSPS) is 18.1. The second-order valence-corrected chi connectivity index (χ2v) is 9.27. The number of anilines is 1. The minimum absolute atomic E-state index is 0.0379. The van der Waals surface area contributed by atoms with Crippen molar-refractivity contribution in [3.63, 3.8) is 0 Å². The van der Waals surface area contributed by atoms with Crippen LogP contribution in [0.15, 0.2) is 34.5 Å². The zero-order valence-corrected chi connectivity index (χ0v) is 15.1. The fourth-order valence-corrected chi connectivity index (χ4v) is 5.27. The summed E-state index contributed by atoms with van der Waals surface area (Å²) in [7, 11) is -3.47. The van der Waals surface area contributed by atoms with Crippen molar-refractivity contribution in [2.75, 3.05) is 17.7 Å². The van der Waals surface area contributed by atoms with Gasteiger partial charge in [-0.15, -0.1) is 0 Å². The van der Waals surface area contributed by atoms with Crippen LogP contribution in [0.4, 0.5) is 10.7 Å². The molecule has 0 N–H and O–H groups in total. The first kappa shape index (κ1) is 16.9. The Morgan fingerprint density at radius 1 is 1.33 bits per heavy atom. The van der Waals surface area contributed by atoms with Crippen molar-refractivity contribution in [1.29, 1.82) is 0 Å². The zero-order chi connectivity index (χ0) is 17.5. The summed E-state index contributed by atoms with van der Waals surface area (Å²) in [4.78, 5) is 12.9. The molecule has 0 aliphatic carbocycles. The van der Waals surface area contributed by atoms with Crippen LogP contribution < -0.4 is 4.90 Å². The van der Waals surface area contributed by atoms with E-state index in [4.69, 9.17) is 0 Å². The molecule has 1 aromatic heterocycles. The highest BCUT2D eigenvalue weighted by Crippen LogP contribution is 2.46. The standard InChI is InChI=1S/C16H18N2O4S2/c1-11-6-3-4-7-12(11)13-8-5-9-17(13)16-14(18(19)20)10-15(23-16)24(2,21)22/h3-4,6-7,10,13H,5,8-9H2,1-2H3. The molecule has 1 aromatic carbocycles. The summed E-state index contributed by atoms with van der Waals surface area (Å²) in [6.07, 6.45) is 2.89. The number of nitrogens with zero attached hydrogens (tertiary/aromatic N) is 2. The van der Waals surface area contributed by atoms with Crippen LogP contribution in [0.2, 0.25) is 0 Å². The fraction of sp³-hybridized carbons (Fsp3) is 0.375. The van der Waals surface area contributed by atoms with Gasteiger partial charge in [0.1, 0.15) is 4.21 Å². The number of aryl methyl sites for hydroxylation is 1. The maximum atomic E-state index is 11.8. The summed E-state index contributed by atoms with van der Waals surface area (Å²) in [6.45, 7) is 2.71. The first-order chi connectivity index (χ1) is 11.3. The molecule has 1 atom stereocenters. The first-order valence-corrected chi connectivity index (χ1v) is 10.3. The summed E-state index contributed by atoms with van der Waals surface area (Å²) >= 11 is 0.993. The lowest BCUT2D eigenvalue weighted by molar-refractivity contribution is -0.383. The second-order valence-electron chi connectivity index (χ2n) is 5.99. The molecule has 0 amide bonds. The smallest absolute Gasteiger partial charge is 0.305 e. The van der Waals surface area contributed by atoms with Gasteiger partial charge in [-0.3, -0.25) is 10.1 Å². The van der Waals surface area contributed by atoms with Gasteiger partial charge in [-0.25, -0.2) is 8.42 Å². The molecule has 0 saturated carbocycles. The molecule has 24 heavy (non-hydrogen) atoms. The monoisotopic (exact) mass is 366 g/mol. The summed E-state index contributed by atoms with van der Waals surface area (Å²) in [5.41, 5.74) is 2.15. The van der Waals surface area contributed by atoms with E-state index >= 15 is 0 Å². The van der Waals surface area contributed by atoms with Gasteiger partial charge < -0.3 is 4.90 Å². The van der Waals surface area contributed by atoms with Gasteiger partial charge in [-0.2, -0.15) is 0 Å². The average molecular weight is 366 g/mol.